The minimum absolute atomic E-state index is 0.287. The first kappa shape index (κ1) is 15.4. The molecule has 3 heteroatoms. The van der Waals surface area contributed by atoms with Crippen LogP contribution in [0.4, 0.5) is 0 Å². The van der Waals surface area contributed by atoms with Gasteiger partial charge in [-0.05, 0) is 49.7 Å². The quantitative estimate of drug-likeness (QED) is 0.660. The first-order valence-corrected chi connectivity index (χ1v) is 7.35. The molecule has 0 radical (unpaired) electrons. The van der Waals surface area contributed by atoms with Crippen molar-refractivity contribution in [2.75, 3.05) is 13.2 Å². The predicted molar refractivity (Wildman–Crippen MR) is 84.2 cm³/mol. The van der Waals surface area contributed by atoms with Crippen molar-refractivity contribution in [2.24, 2.45) is 0 Å². The van der Waals surface area contributed by atoms with Gasteiger partial charge in [-0.15, -0.1) is 0 Å². The average molecular weight is 286 g/mol. The van der Waals surface area contributed by atoms with Gasteiger partial charge in [0.25, 0.3) is 0 Å². The topological polar surface area (TPSA) is 27.7 Å². The summed E-state index contributed by atoms with van der Waals surface area (Å²) in [5.41, 5.74) is 0. The molecule has 0 spiro atoms. The molecule has 0 aliphatic rings. The van der Waals surface area contributed by atoms with Gasteiger partial charge in [-0.2, -0.15) is 0 Å². The Balaban J connectivity index is 1.77. The van der Waals surface area contributed by atoms with Gasteiger partial charge in [-0.3, -0.25) is 0 Å². The molecular formula is C18H22O3. The smallest absolute Gasteiger partial charge is 0.127 e. The highest BCUT2D eigenvalue weighted by molar-refractivity contribution is 5.35. The fourth-order valence-electron chi connectivity index (χ4n) is 1.76. The van der Waals surface area contributed by atoms with Crippen molar-refractivity contribution in [1.29, 1.82) is 0 Å². The van der Waals surface area contributed by atoms with E-state index in [0.717, 1.165) is 23.7 Å². The van der Waals surface area contributed by atoms with Gasteiger partial charge < -0.3 is 14.2 Å². The second-order valence-corrected chi connectivity index (χ2v) is 4.82. The number of rotatable bonds is 8. The minimum Gasteiger partial charge on any atom is -0.491 e. The molecule has 0 heterocycles. The van der Waals surface area contributed by atoms with Gasteiger partial charge in [0.05, 0.1) is 12.7 Å². The van der Waals surface area contributed by atoms with Crippen LogP contribution in [0.5, 0.6) is 17.2 Å². The van der Waals surface area contributed by atoms with Gasteiger partial charge >= 0.3 is 0 Å². The van der Waals surface area contributed by atoms with Crippen molar-refractivity contribution in [1.82, 2.24) is 0 Å². The highest BCUT2D eigenvalue weighted by atomic mass is 16.5. The number of hydrogen-bond donors (Lipinski definition) is 0. The zero-order valence-electron chi connectivity index (χ0n) is 12.6. The van der Waals surface area contributed by atoms with Crippen molar-refractivity contribution in [2.45, 2.75) is 26.4 Å². The number of para-hydroxylation sites is 1. The summed E-state index contributed by atoms with van der Waals surface area (Å²) in [5, 5.41) is 0. The Bertz CT molecular complexity index is 508. The standard InChI is InChI=1S/C18H22O3/c1-3-15(2)19-13-14-20-16-9-11-18(12-10-16)21-17-7-5-4-6-8-17/h4-12,15H,3,13-14H2,1-2H3. The number of ether oxygens (including phenoxy) is 3. The van der Waals surface area contributed by atoms with E-state index in [1.54, 1.807) is 0 Å². The molecule has 0 aliphatic carbocycles. The fourth-order valence-corrected chi connectivity index (χ4v) is 1.76. The molecule has 1 unspecified atom stereocenters. The molecule has 1 atom stereocenters. The molecule has 0 fully saturated rings. The van der Waals surface area contributed by atoms with E-state index in [0.29, 0.717) is 13.2 Å². The Hall–Kier alpha value is -2.00. The molecular weight excluding hydrogens is 264 g/mol. The van der Waals surface area contributed by atoms with Gasteiger partial charge in [0.15, 0.2) is 0 Å². The van der Waals surface area contributed by atoms with E-state index < -0.39 is 0 Å². The second-order valence-electron chi connectivity index (χ2n) is 4.82. The van der Waals surface area contributed by atoms with E-state index >= 15 is 0 Å². The largest absolute Gasteiger partial charge is 0.491 e. The van der Waals surface area contributed by atoms with Gasteiger partial charge in [-0.25, -0.2) is 0 Å². The van der Waals surface area contributed by atoms with Crippen molar-refractivity contribution in [3.05, 3.63) is 54.6 Å². The third-order valence-electron chi connectivity index (χ3n) is 3.13. The number of hydrogen-bond acceptors (Lipinski definition) is 3. The van der Waals surface area contributed by atoms with E-state index in [1.807, 2.05) is 54.6 Å². The van der Waals surface area contributed by atoms with Gasteiger partial charge in [0.2, 0.25) is 0 Å². The van der Waals surface area contributed by atoms with Crippen LogP contribution in [0, 0.1) is 0 Å². The summed E-state index contributed by atoms with van der Waals surface area (Å²) >= 11 is 0. The maximum Gasteiger partial charge on any atom is 0.127 e. The van der Waals surface area contributed by atoms with Crippen LogP contribution in [0.15, 0.2) is 54.6 Å². The lowest BCUT2D eigenvalue weighted by Gasteiger charge is -2.11. The third-order valence-corrected chi connectivity index (χ3v) is 3.13. The summed E-state index contributed by atoms with van der Waals surface area (Å²) in [5.74, 6) is 2.45. The SMILES string of the molecule is CCC(C)OCCOc1ccc(Oc2ccccc2)cc1. The van der Waals surface area contributed by atoms with Crippen LogP contribution >= 0.6 is 0 Å². The summed E-state index contributed by atoms with van der Waals surface area (Å²) in [7, 11) is 0. The zero-order valence-corrected chi connectivity index (χ0v) is 12.6. The zero-order chi connectivity index (χ0) is 14.9. The maximum absolute atomic E-state index is 5.72. The molecule has 2 aromatic rings. The fraction of sp³-hybridized carbons (Fsp3) is 0.333. The van der Waals surface area contributed by atoms with Crippen LogP contribution in [0.2, 0.25) is 0 Å². The van der Waals surface area contributed by atoms with Crippen LogP contribution in [-0.2, 0) is 4.74 Å². The Morgan fingerprint density at radius 3 is 2.10 bits per heavy atom. The lowest BCUT2D eigenvalue weighted by molar-refractivity contribution is 0.0427. The van der Waals surface area contributed by atoms with Crippen LogP contribution in [0.25, 0.3) is 0 Å². The van der Waals surface area contributed by atoms with Crippen molar-refractivity contribution in [3.8, 4) is 17.2 Å². The highest BCUT2D eigenvalue weighted by Gasteiger charge is 2.00. The Labute approximate surface area is 126 Å². The summed E-state index contributed by atoms with van der Waals surface area (Å²) in [6, 6.07) is 17.3. The third kappa shape index (κ3) is 5.48. The molecule has 0 aromatic heterocycles. The molecule has 21 heavy (non-hydrogen) atoms. The predicted octanol–water partition coefficient (Wildman–Crippen LogP) is 4.67. The highest BCUT2D eigenvalue weighted by Crippen LogP contribution is 2.23. The Kier molecular flexibility index (Phi) is 6.10. The Morgan fingerprint density at radius 1 is 0.810 bits per heavy atom. The average Bonchev–Trinajstić information content (AvgIpc) is 2.54. The van der Waals surface area contributed by atoms with Crippen molar-refractivity contribution >= 4 is 0 Å². The molecule has 0 N–H and O–H groups in total. The van der Waals surface area contributed by atoms with Crippen LogP contribution in [-0.4, -0.2) is 19.3 Å². The first-order chi connectivity index (χ1) is 10.3. The van der Waals surface area contributed by atoms with E-state index in [9.17, 15) is 0 Å². The van der Waals surface area contributed by atoms with Crippen LogP contribution in [0.3, 0.4) is 0 Å². The Morgan fingerprint density at radius 2 is 1.43 bits per heavy atom. The summed E-state index contributed by atoms with van der Waals surface area (Å²) < 4.78 is 16.9. The molecule has 0 saturated heterocycles. The second kappa shape index (κ2) is 8.32. The molecule has 112 valence electrons. The summed E-state index contributed by atoms with van der Waals surface area (Å²) in [6.45, 7) is 5.34. The van der Waals surface area contributed by atoms with Crippen molar-refractivity contribution in [3.63, 3.8) is 0 Å². The molecule has 3 nitrogen and oxygen atoms in total. The first-order valence-electron chi connectivity index (χ1n) is 7.35. The minimum atomic E-state index is 0.287. The summed E-state index contributed by atoms with van der Waals surface area (Å²) in [6.07, 6.45) is 1.31. The molecule has 0 aliphatic heterocycles. The van der Waals surface area contributed by atoms with Crippen LogP contribution < -0.4 is 9.47 Å². The maximum atomic E-state index is 5.72. The molecule has 0 amide bonds. The molecule has 2 aromatic carbocycles. The number of benzene rings is 2. The summed E-state index contributed by atoms with van der Waals surface area (Å²) in [4.78, 5) is 0. The monoisotopic (exact) mass is 286 g/mol. The van der Waals surface area contributed by atoms with Gasteiger partial charge in [0.1, 0.15) is 23.9 Å². The van der Waals surface area contributed by atoms with E-state index in [-0.39, 0.29) is 6.10 Å². The molecule has 2 rings (SSSR count). The normalized spacial score (nSPS) is 11.9. The van der Waals surface area contributed by atoms with E-state index in [1.165, 1.54) is 0 Å². The van der Waals surface area contributed by atoms with E-state index in [2.05, 4.69) is 13.8 Å². The van der Waals surface area contributed by atoms with Gasteiger partial charge in [-0.1, -0.05) is 25.1 Å². The van der Waals surface area contributed by atoms with Gasteiger partial charge in [0, 0.05) is 0 Å². The van der Waals surface area contributed by atoms with Crippen molar-refractivity contribution < 1.29 is 14.2 Å². The van der Waals surface area contributed by atoms with Crippen LogP contribution in [0.1, 0.15) is 20.3 Å². The molecule has 0 bridgehead atoms. The lowest BCUT2D eigenvalue weighted by Crippen LogP contribution is -2.13. The lowest BCUT2D eigenvalue weighted by atomic mass is 10.3. The van der Waals surface area contributed by atoms with E-state index in [4.69, 9.17) is 14.2 Å². The molecule has 0 saturated carbocycles.